The molecule has 2 unspecified atom stereocenters. The highest BCUT2D eigenvalue weighted by atomic mass is 16.4. The number of aromatic carboxylic acids is 2. The van der Waals surface area contributed by atoms with E-state index in [4.69, 9.17) is 10.2 Å². The van der Waals surface area contributed by atoms with Crippen molar-refractivity contribution < 1.29 is 30.0 Å². The number of hydrogen-bond donors (Lipinski definition) is 4. The van der Waals surface area contributed by atoms with Crippen LogP contribution >= 0.6 is 0 Å². The molecular weight excluding hydrogens is 408 g/mol. The normalized spacial score (nSPS) is 13.9. The molecule has 0 spiro atoms. The Morgan fingerprint density at radius 3 is 1.03 bits per heavy atom. The molecule has 4 N–H and O–H groups in total. The second-order valence-corrected chi connectivity index (χ2v) is 9.82. The van der Waals surface area contributed by atoms with Crippen molar-refractivity contribution in [2.45, 2.75) is 60.7 Å². The zero-order valence-corrected chi connectivity index (χ0v) is 20.1. The number of carboxylic acids is 2. The summed E-state index contributed by atoms with van der Waals surface area (Å²) in [5.41, 5.74) is 0.312. The maximum Gasteiger partial charge on any atom is 0.335 e. The highest BCUT2D eigenvalue weighted by molar-refractivity contribution is 5.87. The zero-order chi connectivity index (χ0) is 25.1. The van der Waals surface area contributed by atoms with Crippen LogP contribution in [0.2, 0.25) is 0 Å². The van der Waals surface area contributed by atoms with Crippen molar-refractivity contribution >= 4 is 11.9 Å². The van der Waals surface area contributed by atoms with Crippen molar-refractivity contribution in [3.8, 4) is 0 Å². The van der Waals surface area contributed by atoms with Crippen molar-refractivity contribution in [2.75, 3.05) is 0 Å². The predicted octanol–water partition coefficient (Wildman–Crippen LogP) is 5.21. The average Bonchev–Trinajstić information content (AvgIpc) is 2.73. The van der Waals surface area contributed by atoms with Crippen LogP contribution in [0.25, 0.3) is 0 Å². The number of rotatable bonds is 4. The van der Waals surface area contributed by atoms with Crippen molar-refractivity contribution in [1.82, 2.24) is 0 Å². The van der Waals surface area contributed by atoms with Crippen LogP contribution < -0.4 is 0 Å². The Labute approximate surface area is 191 Å². The molecule has 6 nitrogen and oxygen atoms in total. The van der Waals surface area contributed by atoms with Crippen LogP contribution in [-0.2, 0) is 0 Å². The Bertz CT molecular complexity index is 734. The van der Waals surface area contributed by atoms with Gasteiger partial charge >= 0.3 is 11.9 Å². The topological polar surface area (TPSA) is 115 Å². The summed E-state index contributed by atoms with van der Waals surface area (Å²) in [5.74, 6) is -1.86. The van der Waals surface area contributed by atoms with Crippen LogP contribution in [0, 0.1) is 16.7 Å². The first-order valence-electron chi connectivity index (χ1n) is 10.5. The predicted molar refractivity (Wildman–Crippen MR) is 127 cm³/mol. The Hall–Kier alpha value is -2.70. The van der Waals surface area contributed by atoms with Crippen LogP contribution in [0.1, 0.15) is 69.2 Å². The Morgan fingerprint density at radius 2 is 0.875 bits per heavy atom. The third-order valence-electron chi connectivity index (χ3n) is 4.81. The van der Waals surface area contributed by atoms with Gasteiger partial charge in [-0.2, -0.15) is 0 Å². The fraction of sp³-hybridized carbons (Fsp3) is 0.462. The fourth-order valence-electron chi connectivity index (χ4n) is 2.91. The first kappa shape index (κ1) is 29.3. The largest absolute Gasteiger partial charge is 0.478 e. The molecule has 0 fully saturated rings. The molecule has 2 aromatic rings. The highest BCUT2D eigenvalue weighted by Crippen LogP contribution is 2.33. The smallest absolute Gasteiger partial charge is 0.335 e. The maximum atomic E-state index is 10.2. The van der Waals surface area contributed by atoms with E-state index < -0.39 is 24.1 Å². The fourth-order valence-corrected chi connectivity index (χ4v) is 2.91. The number of benzene rings is 2. The number of hydrogen-bond acceptors (Lipinski definition) is 4. The van der Waals surface area contributed by atoms with Crippen LogP contribution in [0.3, 0.4) is 0 Å². The number of carboxylic acid groups (broad SMARTS) is 2. The van der Waals surface area contributed by atoms with Gasteiger partial charge in [0.1, 0.15) is 0 Å². The van der Waals surface area contributed by atoms with Gasteiger partial charge in [0.2, 0.25) is 0 Å². The molecule has 0 bridgehead atoms. The van der Waals surface area contributed by atoms with Gasteiger partial charge in [0.05, 0.1) is 23.3 Å². The van der Waals surface area contributed by atoms with Gasteiger partial charge in [-0.25, -0.2) is 9.59 Å². The number of aliphatic hydroxyl groups excluding tert-OH is 2. The molecule has 2 rings (SSSR count). The van der Waals surface area contributed by atoms with E-state index in [0.717, 1.165) is 0 Å². The molecule has 0 heterocycles. The highest BCUT2D eigenvalue weighted by Gasteiger charge is 2.36. The summed E-state index contributed by atoms with van der Waals surface area (Å²) in [6, 6.07) is 16.6. The van der Waals surface area contributed by atoms with Crippen LogP contribution in [-0.4, -0.2) is 44.6 Å². The molecule has 6 heteroatoms. The van der Waals surface area contributed by atoms with Gasteiger partial charge in [0.15, 0.2) is 0 Å². The van der Waals surface area contributed by atoms with Crippen LogP contribution in [0.4, 0.5) is 0 Å². The minimum atomic E-state index is -0.879. The first-order chi connectivity index (χ1) is 14.6. The standard InChI is InChI=1S/C12H26O2.2C7H6O2/c1-8(9(13)11(2,3)4)10(14)12(5,6)7;2*8-7(9)6-4-2-1-3-5-6/h8-10,13-14H,1-7H3;2*1-5H,(H,8,9). The lowest BCUT2D eigenvalue weighted by Crippen LogP contribution is -2.43. The second-order valence-electron chi connectivity index (χ2n) is 9.82. The van der Waals surface area contributed by atoms with Gasteiger partial charge in [-0.3, -0.25) is 0 Å². The Morgan fingerprint density at radius 1 is 0.625 bits per heavy atom. The van der Waals surface area contributed by atoms with Crippen LogP contribution in [0.15, 0.2) is 60.7 Å². The minimum absolute atomic E-state index is 0.102. The Balaban J connectivity index is 0.000000466. The molecule has 0 saturated carbocycles. The number of aliphatic hydroxyl groups is 2. The van der Waals surface area contributed by atoms with E-state index in [1.807, 2.05) is 48.5 Å². The van der Waals surface area contributed by atoms with E-state index in [2.05, 4.69) is 0 Å². The summed E-state index contributed by atoms with van der Waals surface area (Å²) in [5, 5.41) is 36.8. The summed E-state index contributed by atoms with van der Waals surface area (Å²) < 4.78 is 0. The van der Waals surface area contributed by atoms with Crippen molar-refractivity contribution in [3.05, 3.63) is 71.8 Å². The van der Waals surface area contributed by atoms with Gasteiger partial charge in [0.25, 0.3) is 0 Å². The third kappa shape index (κ3) is 11.1. The van der Waals surface area contributed by atoms with Crippen molar-refractivity contribution in [3.63, 3.8) is 0 Å². The van der Waals surface area contributed by atoms with E-state index in [1.54, 1.807) is 60.7 Å². The summed E-state index contributed by atoms with van der Waals surface area (Å²) in [6.45, 7) is 13.8. The molecule has 32 heavy (non-hydrogen) atoms. The maximum absolute atomic E-state index is 10.2. The number of carbonyl (C=O) groups is 2. The van der Waals surface area contributed by atoms with Gasteiger partial charge < -0.3 is 20.4 Å². The van der Waals surface area contributed by atoms with E-state index in [0.29, 0.717) is 11.1 Å². The monoisotopic (exact) mass is 446 g/mol. The summed E-state index contributed by atoms with van der Waals surface area (Å²) in [7, 11) is 0. The summed E-state index contributed by atoms with van der Waals surface area (Å²) in [4.78, 5) is 20.4. The second kappa shape index (κ2) is 13.0. The molecule has 0 aromatic heterocycles. The van der Waals surface area contributed by atoms with Crippen molar-refractivity contribution in [1.29, 1.82) is 0 Å². The molecule has 178 valence electrons. The molecule has 2 atom stereocenters. The first-order valence-corrected chi connectivity index (χ1v) is 10.5. The lowest BCUT2D eigenvalue weighted by molar-refractivity contribution is -0.0722. The molecular formula is C26H38O6. The van der Waals surface area contributed by atoms with Gasteiger partial charge in [0, 0.05) is 5.92 Å². The van der Waals surface area contributed by atoms with E-state index in [-0.39, 0.29) is 16.7 Å². The van der Waals surface area contributed by atoms with E-state index >= 15 is 0 Å². The quantitative estimate of drug-likeness (QED) is 0.513. The third-order valence-corrected chi connectivity index (χ3v) is 4.81. The van der Waals surface area contributed by atoms with E-state index in [1.165, 1.54) is 0 Å². The molecule has 2 aromatic carbocycles. The molecule has 0 aliphatic heterocycles. The molecule has 0 radical (unpaired) electrons. The SMILES string of the molecule is CC(C(O)C(C)(C)C)C(O)C(C)(C)C.O=C(O)c1ccccc1.O=C(O)c1ccccc1. The molecule has 0 amide bonds. The van der Waals surface area contributed by atoms with E-state index in [9.17, 15) is 19.8 Å². The lowest BCUT2D eigenvalue weighted by atomic mass is 9.73. The van der Waals surface area contributed by atoms with Gasteiger partial charge in [-0.15, -0.1) is 0 Å². The lowest BCUT2D eigenvalue weighted by Gasteiger charge is -2.38. The molecule has 0 aliphatic carbocycles. The summed E-state index contributed by atoms with van der Waals surface area (Å²) >= 11 is 0. The molecule has 0 saturated heterocycles. The Kier molecular flexibility index (Phi) is 11.9. The summed E-state index contributed by atoms with van der Waals surface area (Å²) in [6.07, 6.45) is -0.951. The average molecular weight is 447 g/mol. The zero-order valence-electron chi connectivity index (χ0n) is 20.1. The van der Waals surface area contributed by atoms with Gasteiger partial charge in [-0.05, 0) is 35.1 Å². The van der Waals surface area contributed by atoms with Gasteiger partial charge in [-0.1, -0.05) is 84.9 Å². The van der Waals surface area contributed by atoms with Crippen molar-refractivity contribution in [2.24, 2.45) is 16.7 Å². The molecule has 0 aliphatic rings. The van der Waals surface area contributed by atoms with Crippen LogP contribution in [0.5, 0.6) is 0 Å². The minimum Gasteiger partial charge on any atom is -0.478 e.